The third-order valence-corrected chi connectivity index (χ3v) is 4.77. The van der Waals surface area contributed by atoms with E-state index < -0.39 is 5.97 Å². The Morgan fingerprint density at radius 1 is 0.459 bits per heavy atom. The van der Waals surface area contributed by atoms with Gasteiger partial charge in [-0.15, -0.1) is 0 Å². The van der Waals surface area contributed by atoms with E-state index in [-0.39, 0.29) is 18.8 Å². The van der Waals surface area contributed by atoms with Gasteiger partial charge in [-0.2, -0.15) is 0 Å². The van der Waals surface area contributed by atoms with Crippen molar-refractivity contribution in [2.75, 3.05) is 119 Å². The Balaban J connectivity index is 1.72. The highest BCUT2D eigenvalue weighted by atomic mass is 16.6. The molecule has 0 fully saturated rings. The van der Waals surface area contributed by atoms with E-state index in [4.69, 9.17) is 47.4 Å². The zero-order valence-corrected chi connectivity index (χ0v) is 21.4. The number of carbonyl (C=O) groups is 1. The highest BCUT2D eigenvalue weighted by molar-refractivity contribution is 5.88. The van der Waals surface area contributed by atoms with Crippen molar-refractivity contribution < 1.29 is 57.3 Å². The number of benzene rings is 1. The molecule has 1 aromatic carbocycles. The van der Waals surface area contributed by atoms with Gasteiger partial charge in [0.2, 0.25) is 0 Å². The van der Waals surface area contributed by atoms with Gasteiger partial charge >= 0.3 is 5.97 Å². The molecule has 0 radical (unpaired) electrons. The summed E-state index contributed by atoms with van der Waals surface area (Å²) in [5, 5.41) is 9.27. The van der Waals surface area contributed by atoms with Gasteiger partial charge in [0, 0.05) is 0 Å². The van der Waals surface area contributed by atoms with Gasteiger partial charge in [0.15, 0.2) is 11.5 Å². The van der Waals surface area contributed by atoms with Gasteiger partial charge in [0.25, 0.3) is 0 Å². The van der Waals surface area contributed by atoms with Crippen molar-refractivity contribution in [3.05, 3.63) is 23.8 Å². The number of hydrogen-bond acceptors (Lipinski definition) is 11. The Bertz CT molecular complexity index is 702. The fourth-order valence-corrected chi connectivity index (χ4v) is 2.94. The molecule has 2 rings (SSSR count). The summed E-state index contributed by atoms with van der Waals surface area (Å²) in [5.41, 5.74) is 0.104. The van der Waals surface area contributed by atoms with Gasteiger partial charge in [0.1, 0.15) is 13.2 Å². The second-order valence-corrected chi connectivity index (χ2v) is 7.56. The first-order valence-electron chi connectivity index (χ1n) is 12.5. The Hall–Kier alpha value is -2.03. The quantitative estimate of drug-likeness (QED) is 0.559. The van der Waals surface area contributed by atoms with Crippen LogP contribution in [0.4, 0.5) is 0 Å². The number of rotatable bonds is 1. The molecule has 0 aromatic heterocycles. The van der Waals surface area contributed by atoms with Crippen LogP contribution in [0.1, 0.15) is 10.4 Å². The van der Waals surface area contributed by atoms with Crippen LogP contribution in [0.15, 0.2) is 18.2 Å². The molecule has 212 valence electrons. The standard InChI is InChI=1S/C25H40O12/c26-25(27)22-1-2-23-24(21-22)37-20-18-35-16-14-33-12-10-31-8-6-29-4-3-28-5-7-30-9-11-32-13-15-34-17-19-36-23/h1-2,21H,3-20H2,(H,26,27). The third kappa shape index (κ3) is 16.4. The van der Waals surface area contributed by atoms with Gasteiger partial charge in [0.05, 0.1) is 111 Å². The lowest BCUT2D eigenvalue weighted by Gasteiger charge is -2.14. The molecule has 0 atom stereocenters. The predicted octanol–water partition coefficient (Wildman–Crippen LogP) is 1.29. The summed E-state index contributed by atoms with van der Waals surface area (Å²) in [4.78, 5) is 11.3. The second-order valence-electron chi connectivity index (χ2n) is 7.56. The Morgan fingerprint density at radius 3 is 1.08 bits per heavy atom. The number of carboxylic acids is 1. The van der Waals surface area contributed by atoms with E-state index in [9.17, 15) is 9.90 Å². The molecule has 0 bridgehead atoms. The summed E-state index contributed by atoms with van der Waals surface area (Å²) < 4.78 is 55.1. The van der Waals surface area contributed by atoms with Gasteiger partial charge in [-0.3, -0.25) is 0 Å². The smallest absolute Gasteiger partial charge is 0.335 e. The topological polar surface area (TPSA) is 130 Å². The summed E-state index contributed by atoms with van der Waals surface area (Å²) in [6.45, 7) is 7.68. The number of aromatic carboxylic acids is 1. The van der Waals surface area contributed by atoms with Crippen molar-refractivity contribution >= 4 is 5.97 Å². The molecule has 12 nitrogen and oxygen atoms in total. The lowest BCUT2D eigenvalue weighted by atomic mass is 10.2. The Morgan fingerprint density at radius 2 is 0.757 bits per heavy atom. The average molecular weight is 533 g/mol. The fraction of sp³-hybridized carbons (Fsp3) is 0.720. The summed E-state index contributed by atoms with van der Waals surface area (Å²) in [7, 11) is 0. The monoisotopic (exact) mass is 532 g/mol. The van der Waals surface area contributed by atoms with E-state index in [1.165, 1.54) is 12.1 Å². The van der Waals surface area contributed by atoms with Crippen molar-refractivity contribution in [3.63, 3.8) is 0 Å². The first kappa shape index (κ1) is 31.2. The minimum atomic E-state index is -1.05. The van der Waals surface area contributed by atoms with Crippen molar-refractivity contribution in [1.29, 1.82) is 0 Å². The maximum absolute atomic E-state index is 11.3. The molecule has 1 aromatic rings. The molecule has 0 amide bonds. The number of carboxylic acid groups (broad SMARTS) is 1. The summed E-state index contributed by atoms with van der Waals surface area (Å²) in [5.74, 6) is -0.291. The van der Waals surface area contributed by atoms with Crippen LogP contribution < -0.4 is 9.47 Å². The molecule has 37 heavy (non-hydrogen) atoms. The summed E-state index contributed by atoms with van der Waals surface area (Å²) in [6.07, 6.45) is 0. The van der Waals surface area contributed by atoms with E-state index in [2.05, 4.69) is 0 Å². The highest BCUT2D eigenvalue weighted by Gasteiger charge is 2.11. The maximum Gasteiger partial charge on any atom is 0.335 e. The molecule has 12 heteroatoms. The van der Waals surface area contributed by atoms with Crippen LogP contribution in [0.5, 0.6) is 11.5 Å². The molecule has 0 saturated heterocycles. The van der Waals surface area contributed by atoms with Crippen LogP contribution in [0.25, 0.3) is 0 Å². The number of hydrogen-bond donors (Lipinski definition) is 1. The molecule has 1 aliphatic heterocycles. The van der Waals surface area contributed by atoms with Crippen molar-refractivity contribution in [2.24, 2.45) is 0 Å². The number of ether oxygens (including phenoxy) is 10. The van der Waals surface area contributed by atoms with E-state index in [1.54, 1.807) is 6.07 Å². The lowest BCUT2D eigenvalue weighted by Crippen LogP contribution is -2.16. The molecule has 0 unspecified atom stereocenters. The van der Waals surface area contributed by atoms with E-state index in [1.807, 2.05) is 0 Å². The normalized spacial score (nSPS) is 20.4. The van der Waals surface area contributed by atoms with Gasteiger partial charge < -0.3 is 52.5 Å². The average Bonchev–Trinajstić information content (AvgIpc) is 2.90. The third-order valence-electron chi connectivity index (χ3n) is 4.77. The van der Waals surface area contributed by atoms with Gasteiger partial charge in [-0.05, 0) is 18.2 Å². The van der Waals surface area contributed by atoms with Crippen LogP contribution >= 0.6 is 0 Å². The maximum atomic E-state index is 11.3. The van der Waals surface area contributed by atoms with Gasteiger partial charge in [-0.25, -0.2) is 4.79 Å². The SMILES string of the molecule is O=C(O)c1ccc2c(c1)OCCOCCOCCOCCOCCOCCOCCOCCOCCO2. The zero-order chi connectivity index (χ0) is 26.2. The van der Waals surface area contributed by atoms with E-state index in [0.717, 1.165) is 0 Å². The molecule has 1 heterocycles. The van der Waals surface area contributed by atoms with Crippen LogP contribution in [0, 0.1) is 0 Å². The number of fused-ring (bicyclic) bond motifs is 1. The molecule has 0 spiro atoms. The van der Waals surface area contributed by atoms with Crippen LogP contribution in [0.2, 0.25) is 0 Å². The Kier molecular flexibility index (Phi) is 18.5. The molecule has 0 saturated carbocycles. The fourth-order valence-electron chi connectivity index (χ4n) is 2.94. The van der Waals surface area contributed by atoms with E-state index in [0.29, 0.717) is 117 Å². The molecule has 1 N–H and O–H groups in total. The molecule has 1 aliphatic rings. The van der Waals surface area contributed by atoms with Crippen molar-refractivity contribution in [2.45, 2.75) is 0 Å². The zero-order valence-electron chi connectivity index (χ0n) is 21.4. The molecular weight excluding hydrogens is 492 g/mol. The largest absolute Gasteiger partial charge is 0.487 e. The minimum Gasteiger partial charge on any atom is -0.487 e. The molecule has 0 aliphatic carbocycles. The minimum absolute atomic E-state index is 0.104. The van der Waals surface area contributed by atoms with Crippen molar-refractivity contribution in [1.82, 2.24) is 0 Å². The molecular formula is C25H40O12. The lowest BCUT2D eigenvalue weighted by molar-refractivity contribution is -0.0244. The summed E-state index contributed by atoms with van der Waals surface area (Å²) >= 11 is 0. The second kappa shape index (κ2) is 22.0. The Labute approximate surface area is 217 Å². The summed E-state index contributed by atoms with van der Waals surface area (Å²) in [6, 6.07) is 4.46. The van der Waals surface area contributed by atoms with Crippen LogP contribution in [-0.2, 0) is 37.9 Å². The highest BCUT2D eigenvalue weighted by Crippen LogP contribution is 2.28. The van der Waals surface area contributed by atoms with E-state index >= 15 is 0 Å². The van der Waals surface area contributed by atoms with Crippen LogP contribution in [0.3, 0.4) is 0 Å². The van der Waals surface area contributed by atoms with Crippen LogP contribution in [-0.4, -0.2) is 130 Å². The predicted molar refractivity (Wildman–Crippen MR) is 131 cm³/mol. The van der Waals surface area contributed by atoms with Gasteiger partial charge in [-0.1, -0.05) is 0 Å². The first-order chi connectivity index (χ1) is 18.3. The van der Waals surface area contributed by atoms with Crippen molar-refractivity contribution in [3.8, 4) is 11.5 Å². The first-order valence-corrected chi connectivity index (χ1v) is 12.5.